The zero-order chi connectivity index (χ0) is 12.5. The van der Waals surface area contributed by atoms with Crippen molar-refractivity contribution in [3.63, 3.8) is 0 Å². The van der Waals surface area contributed by atoms with E-state index >= 15 is 0 Å². The van der Waals surface area contributed by atoms with Gasteiger partial charge in [0.05, 0.1) is 22.1 Å². The monoisotopic (exact) mass is 256 g/mol. The quantitative estimate of drug-likeness (QED) is 0.765. The van der Waals surface area contributed by atoms with E-state index in [1.165, 1.54) is 11.5 Å². The van der Waals surface area contributed by atoms with Crippen molar-refractivity contribution < 1.29 is 0 Å². The molecule has 5 heteroatoms. The molecule has 0 radical (unpaired) electrons. The van der Waals surface area contributed by atoms with Gasteiger partial charge in [-0.05, 0) is 42.2 Å². The summed E-state index contributed by atoms with van der Waals surface area (Å²) in [5, 5.41) is 5.10. The van der Waals surface area contributed by atoms with E-state index < -0.39 is 0 Å². The first-order valence-corrected chi connectivity index (χ1v) is 6.42. The van der Waals surface area contributed by atoms with E-state index in [2.05, 4.69) is 20.6 Å². The van der Waals surface area contributed by atoms with Gasteiger partial charge in [-0.1, -0.05) is 16.6 Å². The Morgan fingerprint density at radius 1 is 1.28 bits per heavy atom. The fourth-order valence-electron chi connectivity index (χ4n) is 1.96. The van der Waals surface area contributed by atoms with Crippen LogP contribution in [0.3, 0.4) is 0 Å². The Morgan fingerprint density at radius 2 is 2.17 bits per heavy atom. The van der Waals surface area contributed by atoms with Gasteiger partial charge in [-0.15, -0.1) is 5.10 Å². The van der Waals surface area contributed by atoms with Crippen LogP contribution in [0.1, 0.15) is 22.2 Å². The molecule has 0 aliphatic rings. The molecule has 0 saturated carbocycles. The third-order valence-electron chi connectivity index (χ3n) is 2.96. The van der Waals surface area contributed by atoms with E-state index in [4.69, 9.17) is 5.73 Å². The number of fused-ring (bicyclic) bond motifs is 1. The molecule has 0 amide bonds. The molecule has 18 heavy (non-hydrogen) atoms. The van der Waals surface area contributed by atoms with Crippen molar-refractivity contribution in [2.45, 2.75) is 13.0 Å². The summed E-state index contributed by atoms with van der Waals surface area (Å²) >= 11 is 1.36. The summed E-state index contributed by atoms with van der Waals surface area (Å²) in [6.45, 7) is 1.93. The van der Waals surface area contributed by atoms with Crippen molar-refractivity contribution in [1.82, 2.24) is 14.6 Å². The number of rotatable bonds is 2. The number of benzene rings is 1. The minimum Gasteiger partial charge on any atom is -0.320 e. The second kappa shape index (κ2) is 4.44. The van der Waals surface area contributed by atoms with Gasteiger partial charge in [-0.25, -0.2) is 0 Å². The predicted octanol–water partition coefficient (Wildman–Crippen LogP) is 2.44. The highest BCUT2D eigenvalue weighted by Crippen LogP contribution is 2.26. The number of hydrogen-bond donors (Lipinski definition) is 1. The molecule has 0 saturated heterocycles. The van der Waals surface area contributed by atoms with E-state index in [1.807, 2.05) is 31.2 Å². The highest BCUT2D eigenvalue weighted by molar-refractivity contribution is 7.05. The number of aromatic nitrogens is 3. The summed E-state index contributed by atoms with van der Waals surface area (Å²) in [5.41, 5.74) is 9.20. The van der Waals surface area contributed by atoms with Gasteiger partial charge in [0.25, 0.3) is 0 Å². The van der Waals surface area contributed by atoms with Gasteiger partial charge in [-0.2, -0.15) is 0 Å². The molecular formula is C13H12N4S. The summed E-state index contributed by atoms with van der Waals surface area (Å²) in [6.07, 6.45) is 1.79. The predicted molar refractivity (Wildman–Crippen MR) is 72.4 cm³/mol. The highest BCUT2D eigenvalue weighted by atomic mass is 32.1. The van der Waals surface area contributed by atoms with Crippen LogP contribution in [0.4, 0.5) is 0 Å². The molecule has 0 aliphatic carbocycles. The van der Waals surface area contributed by atoms with Crippen LogP contribution in [0.25, 0.3) is 10.9 Å². The Labute approximate surface area is 109 Å². The summed E-state index contributed by atoms with van der Waals surface area (Å²) in [5.74, 6) is 0. The Morgan fingerprint density at radius 3 is 2.94 bits per heavy atom. The molecule has 3 aromatic rings. The summed E-state index contributed by atoms with van der Waals surface area (Å²) in [7, 11) is 0. The van der Waals surface area contributed by atoms with Crippen molar-refractivity contribution in [2.75, 3.05) is 0 Å². The molecule has 2 N–H and O–H groups in total. The summed E-state index contributed by atoms with van der Waals surface area (Å²) < 4.78 is 3.93. The molecule has 0 aliphatic heterocycles. The highest BCUT2D eigenvalue weighted by Gasteiger charge is 2.15. The van der Waals surface area contributed by atoms with Crippen LogP contribution >= 0.6 is 11.5 Å². The topological polar surface area (TPSA) is 64.7 Å². The van der Waals surface area contributed by atoms with E-state index in [0.717, 1.165) is 27.0 Å². The van der Waals surface area contributed by atoms with Gasteiger partial charge in [0, 0.05) is 11.6 Å². The number of pyridine rings is 1. The third kappa shape index (κ3) is 1.87. The van der Waals surface area contributed by atoms with Crippen LogP contribution in [0.2, 0.25) is 0 Å². The van der Waals surface area contributed by atoms with Crippen LogP contribution in [-0.4, -0.2) is 14.6 Å². The molecule has 4 nitrogen and oxygen atoms in total. The maximum absolute atomic E-state index is 6.26. The summed E-state index contributed by atoms with van der Waals surface area (Å²) in [6, 6.07) is 9.88. The standard InChI is InChI=1S/C13H12N4S/c1-8-13(18-17-16-8)12(14)10-4-5-11-9(7-10)3-2-6-15-11/h2-7,12H,14H2,1H3. The second-order valence-electron chi connectivity index (χ2n) is 4.16. The molecule has 1 atom stereocenters. The molecule has 2 heterocycles. The molecule has 3 rings (SSSR count). The molecule has 2 aromatic heterocycles. The molecule has 0 spiro atoms. The van der Waals surface area contributed by atoms with Crippen LogP contribution in [-0.2, 0) is 0 Å². The largest absolute Gasteiger partial charge is 0.320 e. The smallest absolute Gasteiger partial charge is 0.0776 e. The lowest BCUT2D eigenvalue weighted by Crippen LogP contribution is -2.11. The fourth-order valence-corrected chi connectivity index (χ4v) is 2.64. The van der Waals surface area contributed by atoms with Gasteiger partial charge < -0.3 is 5.73 Å². The Hall–Kier alpha value is -1.85. The van der Waals surface area contributed by atoms with Crippen LogP contribution < -0.4 is 5.73 Å². The SMILES string of the molecule is Cc1nnsc1C(N)c1ccc2ncccc2c1. The van der Waals surface area contributed by atoms with Crippen molar-refractivity contribution in [2.24, 2.45) is 5.73 Å². The van der Waals surface area contributed by atoms with Gasteiger partial charge in [0.15, 0.2) is 0 Å². The normalized spacial score (nSPS) is 12.8. The zero-order valence-corrected chi connectivity index (χ0v) is 10.7. The van der Waals surface area contributed by atoms with Crippen molar-refractivity contribution in [3.05, 3.63) is 52.7 Å². The van der Waals surface area contributed by atoms with Gasteiger partial charge in [0.2, 0.25) is 0 Å². The minimum atomic E-state index is -0.172. The zero-order valence-electron chi connectivity index (χ0n) is 9.87. The Balaban J connectivity index is 2.07. The second-order valence-corrected chi connectivity index (χ2v) is 4.94. The molecule has 1 aromatic carbocycles. The average Bonchev–Trinajstić information content (AvgIpc) is 2.83. The van der Waals surface area contributed by atoms with Gasteiger partial charge in [0.1, 0.15) is 0 Å². The van der Waals surface area contributed by atoms with Crippen molar-refractivity contribution >= 4 is 22.4 Å². The summed E-state index contributed by atoms with van der Waals surface area (Å²) in [4.78, 5) is 5.31. The van der Waals surface area contributed by atoms with Crippen molar-refractivity contribution in [3.8, 4) is 0 Å². The van der Waals surface area contributed by atoms with E-state index in [9.17, 15) is 0 Å². The van der Waals surface area contributed by atoms with E-state index in [1.54, 1.807) is 6.20 Å². The van der Waals surface area contributed by atoms with Crippen molar-refractivity contribution in [1.29, 1.82) is 0 Å². The Kier molecular flexibility index (Phi) is 2.77. The maximum atomic E-state index is 6.26. The molecule has 1 unspecified atom stereocenters. The first-order chi connectivity index (χ1) is 8.75. The molecule has 0 bridgehead atoms. The number of nitrogens with zero attached hydrogens (tertiary/aromatic N) is 3. The Bertz CT molecular complexity index is 692. The van der Waals surface area contributed by atoms with Crippen LogP contribution in [0, 0.1) is 6.92 Å². The van der Waals surface area contributed by atoms with Gasteiger partial charge in [-0.3, -0.25) is 4.98 Å². The van der Waals surface area contributed by atoms with Gasteiger partial charge >= 0.3 is 0 Å². The molecule has 90 valence electrons. The van der Waals surface area contributed by atoms with Crippen LogP contribution in [0.5, 0.6) is 0 Å². The first-order valence-electron chi connectivity index (χ1n) is 5.65. The molecular weight excluding hydrogens is 244 g/mol. The van der Waals surface area contributed by atoms with Crippen LogP contribution in [0.15, 0.2) is 36.5 Å². The number of nitrogens with two attached hydrogens (primary N) is 1. The van der Waals surface area contributed by atoms with E-state index in [-0.39, 0.29) is 6.04 Å². The molecule has 0 fully saturated rings. The minimum absolute atomic E-state index is 0.172. The fraction of sp³-hybridized carbons (Fsp3) is 0.154. The number of hydrogen-bond acceptors (Lipinski definition) is 5. The maximum Gasteiger partial charge on any atom is 0.0776 e. The average molecular weight is 256 g/mol. The van der Waals surface area contributed by atoms with E-state index in [0.29, 0.717) is 0 Å². The first kappa shape index (κ1) is 11.3. The lowest BCUT2D eigenvalue weighted by molar-refractivity contribution is 0.876. The lowest BCUT2D eigenvalue weighted by Gasteiger charge is -2.10. The lowest BCUT2D eigenvalue weighted by atomic mass is 10.0. The number of aryl methyl sites for hydroxylation is 1. The third-order valence-corrected chi connectivity index (χ3v) is 3.86.